The van der Waals surface area contributed by atoms with E-state index in [1.807, 2.05) is 47.7 Å². The molecule has 238 valence electrons. The van der Waals surface area contributed by atoms with E-state index in [2.05, 4.69) is 140 Å². The largest absolute Gasteiger partial charge is 0.436 e. The number of anilines is 3. The second-order valence-corrected chi connectivity index (χ2v) is 14.7. The summed E-state index contributed by atoms with van der Waals surface area (Å²) in [7, 11) is 0. The zero-order chi connectivity index (χ0) is 33.4. The topological polar surface area (TPSA) is 29.3 Å². The van der Waals surface area contributed by atoms with Gasteiger partial charge in [-0.1, -0.05) is 111 Å². The summed E-state index contributed by atoms with van der Waals surface area (Å²) in [5, 5.41) is 2.63. The summed E-state index contributed by atoms with van der Waals surface area (Å²) in [5.41, 5.74) is 13.5. The molecule has 3 nitrogen and oxygen atoms in total. The molecule has 0 saturated carbocycles. The number of nitrogens with zero attached hydrogens (tertiary/aromatic N) is 2. The van der Waals surface area contributed by atoms with Crippen LogP contribution in [-0.4, -0.2) is 4.98 Å². The maximum absolute atomic E-state index is 6.22. The number of rotatable bonds is 5. The summed E-state index contributed by atoms with van der Waals surface area (Å²) < 4.78 is 8.86. The lowest BCUT2D eigenvalue weighted by atomic mass is 9.82. The summed E-state index contributed by atoms with van der Waals surface area (Å²) in [5.74, 6) is 0.626. The molecular formula is C46H32N2OS. The van der Waals surface area contributed by atoms with E-state index in [-0.39, 0.29) is 5.41 Å². The Labute approximate surface area is 294 Å². The fourth-order valence-corrected chi connectivity index (χ4v) is 9.04. The first-order valence-corrected chi connectivity index (χ1v) is 17.9. The van der Waals surface area contributed by atoms with Crippen LogP contribution in [-0.2, 0) is 5.41 Å². The molecule has 1 aliphatic rings. The fourth-order valence-electron chi connectivity index (χ4n) is 7.80. The van der Waals surface area contributed by atoms with Crippen molar-refractivity contribution in [3.63, 3.8) is 0 Å². The number of aromatic nitrogens is 1. The number of hydrogen-bond acceptors (Lipinski definition) is 4. The van der Waals surface area contributed by atoms with Gasteiger partial charge in [-0.3, -0.25) is 0 Å². The molecular weight excluding hydrogens is 629 g/mol. The third-order valence-corrected chi connectivity index (χ3v) is 11.5. The lowest BCUT2D eigenvalue weighted by molar-refractivity contribution is 0.620. The summed E-state index contributed by atoms with van der Waals surface area (Å²) in [6.45, 7) is 4.67. The molecule has 1 aliphatic carbocycles. The van der Waals surface area contributed by atoms with Crippen LogP contribution in [0.3, 0.4) is 0 Å². The summed E-state index contributed by atoms with van der Waals surface area (Å²) >= 11 is 1.87. The zero-order valence-electron chi connectivity index (χ0n) is 27.7. The monoisotopic (exact) mass is 660 g/mol. The van der Waals surface area contributed by atoms with Gasteiger partial charge in [0.05, 0.1) is 0 Å². The van der Waals surface area contributed by atoms with Gasteiger partial charge >= 0.3 is 0 Å². The Morgan fingerprint density at radius 2 is 1.22 bits per heavy atom. The van der Waals surface area contributed by atoms with E-state index in [1.165, 1.54) is 53.6 Å². The number of thiophene rings is 1. The average molecular weight is 661 g/mol. The Morgan fingerprint density at radius 3 is 2.10 bits per heavy atom. The molecule has 50 heavy (non-hydrogen) atoms. The smallest absolute Gasteiger partial charge is 0.227 e. The lowest BCUT2D eigenvalue weighted by Crippen LogP contribution is -2.16. The minimum absolute atomic E-state index is 0.110. The number of hydrogen-bond donors (Lipinski definition) is 0. The van der Waals surface area contributed by atoms with Gasteiger partial charge in [-0.25, -0.2) is 4.98 Å². The minimum Gasteiger partial charge on any atom is -0.436 e. The Bertz CT molecular complexity index is 2740. The van der Waals surface area contributed by atoms with E-state index in [1.54, 1.807) is 0 Å². The van der Waals surface area contributed by atoms with Crippen LogP contribution in [0.2, 0.25) is 0 Å². The summed E-state index contributed by atoms with van der Waals surface area (Å²) in [4.78, 5) is 7.28. The Kier molecular flexibility index (Phi) is 6.39. The van der Waals surface area contributed by atoms with Crippen LogP contribution in [0.4, 0.5) is 17.1 Å². The van der Waals surface area contributed by atoms with Gasteiger partial charge in [0.1, 0.15) is 5.52 Å². The van der Waals surface area contributed by atoms with Crippen molar-refractivity contribution in [2.24, 2.45) is 0 Å². The number of oxazole rings is 1. The normalized spacial score (nSPS) is 13.2. The quantitative estimate of drug-likeness (QED) is 0.184. The van der Waals surface area contributed by atoms with Gasteiger partial charge in [0.25, 0.3) is 0 Å². The maximum atomic E-state index is 6.22. The van der Waals surface area contributed by atoms with E-state index in [0.717, 1.165) is 33.7 Å². The van der Waals surface area contributed by atoms with Gasteiger partial charge in [0, 0.05) is 48.2 Å². The van der Waals surface area contributed by atoms with Crippen LogP contribution >= 0.6 is 11.3 Å². The molecule has 0 spiro atoms. The molecule has 2 heterocycles. The van der Waals surface area contributed by atoms with E-state index in [4.69, 9.17) is 9.40 Å². The summed E-state index contributed by atoms with van der Waals surface area (Å²) in [6.07, 6.45) is 0. The van der Waals surface area contributed by atoms with Crippen LogP contribution in [0.1, 0.15) is 25.0 Å². The van der Waals surface area contributed by atoms with Gasteiger partial charge in [-0.15, -0.1) is 11.3 Å². The Hall–Kier alpha value is -5.97. The molecule has 0 atom stereocenters. The van der Waals surface area contributed by atoms with Crippen LogP contribution < -0.4 is 4.90 Å². The second kappa shape index (κ2) is 11.0. The van der Waals surface area contributed by atoms with Gasteiger partial charge in [-0.2, -0.15) is 0 Å². The molecule has 0 unspecified atom stereocenters. The zero-order valence-corrected chi connectivity index (χ0v) is 28.5. The minimum atomic E-state index is -0.110. The second-order valence-electron chi connectivity index (χ2n) is 13.6. The highest BCUT2D eigenvalue weighted by Crippen LogP contribution is 2.51. The highest BCUT2D eigenvalue weighted by molar-refractivity contribution is 7.26. The number of benzene rings is 7. The highest BCUT2D eigenvalue weighted by atomic mass is 32.1. The van der Waals surface area contributed by atoms with Crippen molar-refractivity contribution in [3.8, 4) is 33.7 Å². The first-order chi connectivity index (χ1) is 24.5. The molecule has 0 N–H and O–H groups in total. The molecule has 0 bridgehead atoms. The Morgan fingerprint density at radius 1 is 0.540 bits per heavy atom. The molecule has 4 heteroatoms. The van der Waals surface area contributed by atoms with E-state index in [0.29, 0.717) is 5.89 Å². The Balaban J connectivity index is 1.11. The van der Waals surface area contributed by atoms with Gasteiger partial charge < -0.3 is 9.32 Å². The van der Waals surface area contributed by atoms with Crippen molar-refractivity contribution in [3.05, 3.63) is 169 Å². The lowest BCUT2D eigenvalue weighted by Gasteiger charge is -2.28. The summed E-state index contributed by atoms with van der Waals surface area (Å²) in [6, 6.07) is 56.5. The van der Waals surface area contributed by atoms with Gasteiger partial charge in [-0.05, 0) is 94.0 Å². The highest BCUT2D eigenvalue weighted by Gasteiger charge is 2.35. The van der Waals surface area contributed by atoms with Gasteiger partial charge in [0.15, 0.2) is 5.58 Å². The molecule has 2 aromatic heterocycles. The van der Waals surface area contributed by atoms with Gasteiger partial charge in [0.2, 0.25) is 5.89 Å². The number of fused-ring (bicyclic) bond motifs is 7. The van der Waals surface area contributed by atoms with Crippen molar-refractivity contribution in [2.45, 2.75) is 19.3 Å². The molecule has 0 fully saturated rings. The van der Waals surface area contributed by atoms with Crippen LogP contribution in [0.5, 0.6) is 0 Å². The maximum Gasteiger partial charge on any atom is 0.227 e. The molecule has 0 amide bonds. The van der Waals surface area contributed by atoms with Crippen LogP contribution in [0.25, 0.3) is 65.0 Å². The first-order valence-electron chi connectivity index (χ1n) is 17.0. The molecule has 10 rings (SSSR count). The van der Waals surface area contributed by atoms with Crippen molar-refractivity contribution in [1.82, 2.24) is 4.98 Å². The third-order valence-electron chi connectivity index (χ3n) is 10.3. The third kappa shape index (κ3) is 4.45. The van der Waals surface area contributed by atoms with E-state index in [9.17, 15) is 0 Å². The van der Waals surface area contributed by atoms with Crippen molar-refractivity contribution < 1.29 is 4.42 Å². The molecule has 0 saturated heterocycles. The molecule has 0 radical (unpaired) electrons. The van der Waals surface area contributed by atoms with Crippen molar-refractivity contribution >= 4 is 59.7 Å². The van der Waals surface area contributed by atoms with E-state index < -0.39 is 0 Å². The first kappa shape index (κ1) is 29.0. The average Bonchev–Trinajstić information content (AvgIpc) is 3.83. The predicted octanol–water partition coefficient (Wildman–Crippen LogP) is 13.3. The van der Waals surface area contributed by atoms with E-state index >= 15 is 0 Å². The fraction of sp³-hybridized carbons (Fsp3) is 0.0652. The standard InChI is InChI=1S/C46H32N2OS/c1-46(2)39-17-8-6-13-35(39)36-25-23-32(27-40(36)46)48(33-24-26-42-41(28-33)47-45(49-42)30-11-4-3-5-12-30)31-21-19-29(20-22-31)34-15-10-16-38-37-14-7-9-18-43(37)50-44(34)38/h3-28H,1-2H3. The van der Waals surface area contributed by atoms with Crippen molar-refractivity contribution in [1.29, 1.82) is 0 Å². The predicted molar refractivity (Wildman–Crippen MR) is 210 cm³/mol. The van der Waals surface area contributed by atoms with Crippen LogP contribution in [0, 0.1) is 0 Å². The van der Waals surface area contributed by atoms with Crippen molar-refractivity contribution in [2.75, 3.05) is 4.90 Å². The molecule has 7 aromatic carbocycles. The SMILES string of the molecule is CC1(C)c2ccccc2-c2ccc(N(c3ccc(-c4cccc5c4sc4ccccc45)cc3)c3ccc4oc(-c5ccccc5)nc4c3)cc21. The molecule has 9 aromatic rings. The molecule has 0 aliphatic heterocycles. The van der Waals surface area contributed by atoms with Crippen LogP contribution in [0.15, 0.2) is 162 Å².